The number of para-hydroxylation sites is 2. The summed E-state index contributed by atoms with van der Waals surface area (Å²) in [6.45, 7) is 2.24. The van der Waals surface area contributed by atoms with Gasteiger partial charge in [0.1, 0.15) is 5.75 Å². The second-order valence-electron chi connectivity index (χ2n) is 5.14. The van der Waals surface area contributed by atoms with Crippen molar-refractivity contribution in [2.24, 2.45) is 5.10 Å². The molecule has 2 amide bonds. The SMILES string of the molecule is CCOc1ccccc1NC(=O)C(=O)N/N=C/c1cc(Br)c(O)c(OC)c1. The molecule has 0 unspecified atom stereocenters. The number of nitrogens with one attached hydrogen (secondary N) is 2. The monoisotopic (exact) mass is 435 g/mol. The third-order valence-corrected chi connectivity index (χ3v) is 3.90. The maximum absolute atomic E-state index is 12.0. The fourth-order valence-electron chi connectivity index (χ4n) is 2.07. The molecule has 2 rings (SSSR count). The summed E-state index contributed by atoms with van der Waals surface area (Å²) < 4.78 is 10.8. The summed E-state index contributed by atoms with van der Waals surface area (Å²) in [5.41, 5.74) is 3.06. The Morgan fingerprint density at radius 2 is 1.96 bits per heavy atom. The second-order valence-corrected chi connectivity index (χ2v) is 5.99. The van der Waals surface area contributed by atoms with Gasteiger partial charge in [0, 0.05) is 0 Å². The maximum atomic E-state index is 12.0. The lowest BCUT2D eigenvalue weighted by molar-refractivity contribution is -0.136. The van der Waals surface area contributed by atoms with Crippen LogP contribution in [0.15, 0.2) is 46.0 Å². The quantitative estimate of drug-likeness (QED) is 0.367. The van der Waals surface area contributed by atoms with Crippen molar-refractivity contribution in [3.05, 3.63) is 46.4 Å². The summed E-state index contributed by atoms with van der Waals surface area (Å²) >= 11 is 3.18. The van der Waals surface area contributed by atoms with Crippen molar-refractivity contribution in [1.82, 2.24) is 5.43 Å². The van der Waals surface area contributed by atoms with Gasteiger partial charge in [-0.3, -0.25) is 9.59 Å². The fraction of sp³-hybridized carbons (Fsp3) is 0.167. The molecule has 27 heavy (non-hydrogen) atoms. The number of amides is 2. The van der Waals surface area contributed by atoms with Gasteiger partial charge in [-0.2, -0.15) is 5.10 Å². The lowest BCUT2D eigenvalue weighted by Gasteiger charge is -2.10. The van der Waals surface area contributed by atoms with Crippen molar-refractivity contribution in [2.75, 3.05) is 19.0 Å². The molecule has 0 radical (unpaired) electrons. The van der Waals surface area contributed by atoms with Crippen molar-refractivity contribution in [3.63, 3.8) is 0 Å². The smallest absolute Gasteiger partial charge is 0.329 e. The molecule has 0 heterocycles. The van der Waals surface area contributed by atoms with Crippen molar-refractivity contribution in [2.45, 2.75) is 6.92 Å². The number of carbonyl (C=O) groups excluding carboxylic acids is 2. The van der Waals surface area contributed by atoms with Crippen molar-refractivity contribution < 1.29 is 24.2 Å². The molecule has 8 nitrogen and oxygen atoms in total. The molecule has 0 saturated carbocycles. The number of rotatable bonds is 6. The Balaban J connectivity index is 2.00. The highest BCUT2D eigenvalue weighted by molar-refractivity contribution is 9.10. The first kappa shape index (κ1) is 20.2. The van der Waals surface area contributed by atoms with Gasteiger partial charge in [0.15, 0.2) is 11.5 Å². The van der Waals surface area contributed by atoms with Crippen LogP contribution in [0.4, 0.5) is 5.69 Å². The lowest BCUT2D eigenvalue weighted by Crippen LogP contribution is -2.32. The summed E-state index contributed by atoms with van der Waals surface area (Å²) in [5.74, 6) is -1.18. The van der Waals surface area contributed by atoms with Gasteiger partial charge in [-0.1, -0.05) is 12.1 Å². The number of phenolic OH excluding ortho intramolecular Hbond substituents is 1. The summed E-state index contributed by atoms with van der Waals surface area (Å²) in [7, 11) is 1.41. The van der Waals surface area contributed by atoms with Crippen LogP contribution < -0.4 is 20.2 Å². The standard InChI is InChI=1S/C18H18BrN3O5/c1-3-27-14-7-5-4-6-13(14)21-17(24)18(25)22-20-10-11-8-12(19)16(23)15(9-11)26-2/h4-10,23H,3H2,1-2H3,(H,21,24)(H,22,25)/b20-10+. The zero-order valence-electron chi connectivity index (χ0n) is 14.7. The van der Waals surface area contributed by atoms with Gasteiger partial charge in [0.05, 0.1) is 30.1 Å². The van der Waals surface area contributed by atoms with E-state index in [4.69, 9.17) is 9.47 Å². The highest BCUT2D eigenvalue weighted by Crippen LogP contribution is 2.34. The molecule has 0 fully saturated rings. The van der Waals surface area contributed by atoms with E-state index in [0.717, 1.165) is 0 Å². The average Bonchev–Trinajstić information content (AvgIpc) is 2.66. The Morgan fingerprint density at radius 3 is 2.67 bits per heavy atom. The number of carbonyl (C=O) groups is 2. The van der Waals surface area contributed by atoms with Gasteiger partial charge in [-0.05, 0) is 52.7 Å². The maximum Gasteiger partial charge on any atom is 0.329 e. The van der Waals surface area contributed by atoms with Gasteiger partial charge in [-0.15, -0.1) is 0 Å². The van der Waals surface area contributed by atoms with E-state index in [2.05, 4.69) is 31.8 Å². The molecule has 0 aliphatic carbocycles. The van der Waals surface area contributed by atoms with E-state index in [1.807, 2.05) is 6.92 Å². The van der Waals surface area contributed by atoms with Gasteiger partial charge in [0.25, 0.3) is 0 Å². The normalized spacial score (nSPS) is 10.5. The van der Waals surface area contributed by atoms with E-state index in [0.29, 0.717) is 28.1 Å². The molecule has 0 aromatic heterocycles. The first-order valence-electron chi connectivity index (χ1n) is 7.89. The van der Waals surface area contributed by atoms with Crippen molar-refractivity contribution in [3.8, 4) is 17.2 Å². The molecular weight excluding hydrogens is 418 g/mol. The Hall–Kier alpha value is -3.07. The third kappa shape index (κ3) is 5.45. The van der Waals surface area contributed by atoms with E-state index < -0.39 is 11.8 Å². The largest absolute Gasteiger partial charge is 0.503 e. The molecule has 0 atom stereocenters. The third-order valence-electron chi connectivity index (χ3n) is 3.29. The van der Waals surface area contributed by atoms with Crippen LogP contribution in [0.3, 0.4) is 0 Å². The van der Waals surface area contributed by atoms with E-state index in [1.54, 1.807) is 30.3 Å². The molecule has 0 bridgehead atoms. The number of hydrogen-bond donors (Lipinski definition) is 3. The minimum atomic E-state index is -0.942. The summed E-state index contributed by atoms with van der Waals surface area (Å²) in [6.07, 6.45) is 1.31. The Morgan fingerprint density at radius 1 is 1.22 bits per heavy atom. The Labute approximate surface area is 164 Å². The van der Waals surface area contributed by atoms with Crippen LogP contribution in [0.5, 0.6) is 17.2 Å². The van der Waals surface area contributed by atoms with Gasteiger partial charge in [0.2, 0.25) is 0 Å². The summed E-state index contributed by atoms with van der Waals surface area (Å²) in [6, 6.07) is 9.88. The van der Waals surface area contributed by atoms with E-state index >= 15 is 0 Å². The zero-order chi connectivity index (χ0) is 19.8. The van der Waals surface area contributed by atoms with Crippen LogP contribution in [-0.4, -0.2) is 36.9 Å². The van der Waals surface area contributed by atoms with E-state index in [1.165, 1.54) is 19.4 Å². The molecule has 0 spiro atoms. The molecule has 0 saturated heterocycles. The molecule has 142 valence electrons. The number of nitrogens with zero attached hydrogens (tertiary/aromatic N) is 1. The molecule has 0 aliphatic heterocycles. The van der Waals surface area contributed by atoms with Crippen LogP contribution in [0.1, 0.15) is 12.5 Å². The van der Waals surface area contributed by atoms with Crippen LogP contribution in [0.25, 0.3) is 0 Å². The van der Waals surface area contributed by atoms with Crippen LogP contribution in [-0.2, 0) is 9.59 Å². The summed E-state index contributed by atoms with van der Waals surface area (Å²) in [5, 5.41) is 16.0. The average molecular weight is 436 g/mol. The minimum absolute atomic E-state index is 0.0500. The second kappa shape index (κ2) is 9.58. The number of methoxy groups -OCH3 is 1. The van der Waals surface area contributed by atoms with E-state index in [-0.39, 0.29) is 11.5 Å². The predicted octanol–water partition coefficient (Wildman–Crippen LogP) is 2.65. The Bertz CT molecular complexity index is 870. The number of anilines is 1. The van der Waals surface area contributed by atoms with E-state index in [9.17, 15) is 14.7 Å². The minimum Gasteiger partial charge on any atom is -0.503 e. The molecule has 2 aromatic carbocycles. The van der Waals surface area contributed by atoms with Crippen LogP contribution in [0, 0.1) is 0 Å². The number of hydrazone groups is 1. The van der Waals surface area contributed by atoms with Gasteiger partial charge < -0.3 is 19.9 Å². The first-order valence-corrected chi connectivity index (χ1v) is 8.68. The zero-order valence-corrected chi connectivity index (χ0v) is 16.2. The van der Waals surface area contributed by atoms with Crippen molar-refractivity contribution in [1.29, 1.82) is 0 Å². The highest BCUT2D eigenvalue weighted by atomic mass is 79.9. The number of aromatic hydroxyl groups is 1. The number of ether oxygens (including phenoxy) is 2. The molecule has 2 aromatic rings. The highest BCUT2D eigenvalue weighted by Gasteiger charge is 2.15. The molecule has 9 heteroatoms. The number of benzene rings is 2. The molecule has 0 aliphatic rings. The molecule has 3 N–H and O–H groups in total. The Kier molecular flexibility index (Phi) is 7.18. The number of phenols is 1. The number of hydrogen-bond acceptors (Lipinski definition) is 6. The lowest BCUT2D eigenvalue weighted by atomic mass is 10.2. The topological polar surface area (TPSA) is 109 Å². The van der Waals surface area contributed by atoms with Crippen LogP contribution in [0.2, 0.25) is 0 Å². The van der Waals surface area contributed by atoms with Gasteiger partial charge >= 0.3 is 11.8 Å². The predicted molar refractivity (Wildman–Crippen MR) is 104 cm³/mol. The van der Waals surface area contributed by atoms with Crippen molar-refractivity contribution >= 4 is 39.6 Å². The number of halogens is 1. The summed E-state index contributed by atoms with van der Waals surface area (Å²) in [4.78, 5) is 23.9. The fourth-order valence-corrected chi connectivity index (χ4v) is 2.53. The molecular formula is C18H18BrN3O5. The van der Waals surface area contributed by atoms with Crippen LogP contribution >= 0.6 is 15.9 Å². The first-order chi connectivity index (χ1) is 13.0. The van der Waals surface area contributed by atoms with Gasteiger partial charge in [-0.25, -0.2) is 5.43 Å².